The maximum atomic E-state index is 12.6. The molecule has 0 bridgehead atoms. The fraction of sp³-hybridized carbons (Fsp3) is 0.444. The van der Waals surface area contributed by atoms with Gasteiger partial charge in [-0.25, -0.2) is 19.9 Å². The molecule has 2 aromatic heterocycles. The fourth-order valence-corrected chi connectivity index (χ4v) is 6.58. The van der Waals surface area contributed by atoms with Crippen LogP contribution in [0.25, 0.3) is 11.2 Å². The molecule has 15 heteroatoms. The number of likely N-dealkylation sites (tertiary alicyclic amines) is 1. The smallest absolute Gasteiger partial charge is 0.252 e. The monoisotopic (exact) mass is 695 g/mol. The molecule has 2 fully saturated rings. The summed E-state index contributed by atoms with van der Waals surface area (Å²) in [7, 11) is 0. The first-order valence-electron chi connectivity index (χ1n) is 17.5. The summed E-state index contributed by atoms with van der Waals surface area (Å²) >= 11 is 0. The standard InChI is InChI=1S/C36H45N11O4/c1-2-38-34(50)31-29(48)30(49)35(51-31)47-23-43-28-32(40-20-26(24-12-6-3-7-13-24)25-14-8-4-9-15-25)44-27(45-33(28)47)21-41-36(42-22-37)39-16-19-46-17-10-5-11-18-46/h3-4,6-9,12-15,23,26,29-31,35,48-49H,2,5,10-11,16-21H2,1H3,(H,38,50)(H2,39,41,42)(H,40,44,45)/t29?,30?,31-,35?/m0/s1. The number of likely N-dealkylation sites (N-methyl/N-ethyl adjacent to an activating group) is 1. The van der Waals surface area contributed by atoms with Crippen molar-refractivity contribution in [1.82, 2.24) is 40.4 Å². The summed E-state index contributed by atoms with van der Waals surface area (Å²) in [5.41, 5.74) is 2.96. The molecule has 2 aliphatic heterocycles. The van der Waals surface area contributed by atoms with E-state index in [-0.39, 0.29) is 12.5 Å². The zero-order valence-electron chi connectivity index (χ0n) is 28.7. The van der Waals surface area contributed by atoms with Crippen LogP contribution in [0.15, 0.2) is 72.0 Å². The molecular formula is C36H45N11O4. The Balaban J connectivity index is 1.31. The summed E-state index contributed by atoms with van der Waals surface area (Å²) in [5, 5.41) is 43.2. The molecule has 4 heterocycles. The minimum atomic E-state index is -1.46. The lowest BCUT2D eigenvalue weighted by atomic mass is 9.91. The number of imidazole rings is 1. The van der Waals surface area contributed by atoms with E-state index in [1.807, 2.05) is 42.6 Å². The second-order valence-electron chi connectivity index (χ2n) is 12.6. The third kappa shape index (κ3) is 8.61. The molecule has 3 unspecified atom stereocenters. The van der Waals surface area contributed by atoms with Crippen LogP contribution < -0.4 is 21.3 Å². The summed E-state index contributed by atoms with van der Waals surface area (Å²) in [6.07, 6.45) is 1.72. The van der Waals surface area contributed by atoms with Gasteiger partial charge in [-0.2, -0.15) is 5.26 Å². The van der Waals surface area contributed by atoms with Gasteiger partial charge in [-0.1, -0.05) is 67.1 Å². The second kappa shape index (κ2) is 17.2. The first-order chi connectivity index (χ1) is 25.0. The molecule has 6 rings (SSSR count). The van der Waals surface area contributed by atoms with Gasteiger partial charge in [0.2, 0.25) is 5.96 Å². The molecule has 2 aliphatic rings. The number of nitrogens with zero attached hydrogens (tertiary/aromatic N) is 7. The number of anilines is 1. The van der Waals surface area contributed by atoms with Crippen molar-refractivity contribution in [2.24, 2.45) is 4.99 Å². The number of ether oxygens (including phenoxy) is 1. The number of nitriles is 1. The maximum absolute atomic E-state index is 12.6. The minimum absolute atomic E-state index is 0.00948. The molecule has 1 amide bonds. The number of carbonyl (C=O) groups excluding carboxylic acids is 1. The summed E-state index contributed by atoms with van der Waals surface area (Å²) < 4.78 is 7.41. The summed E-state index contributed by atoms with van der Waals surface area (Å²) in [6, 6.07) is 20.3. The van der Waals surface area contributed by atoms with Gasteiger partial charge in [0.1, 0.15) is 18.8 Å². The van der Waals surface area contributed by atoms with Crippen LogP contribution in [-0.4, -0.2) is 104 Å². The summed E-state index contributed by atoms with van der Waals surface area (Å²) in [6.45, 7) is 6.14. The lowest BCUT2D eigenvalue weighted by Crippen LogP contribution is -2.42. The summed E-state index contributed by atoms with van der Waals surface area (Å²) in [5.74, 6) is 0.496. The Hall–Kier alpha value is -5.14. The Labute approximate surface area is 296 Å². The van der Waals surface area contributed by atoms with Crippen LogP contribution in [-0.2, 0) is 16.1 Å². The first kappa shape index (κ1) is 35.7. The van der Waals surface area contributed by atoms with E-state index in [2.05, 4.69) is 60.4 Å². The third-order valence-electron chi connectivity index (χ3n) is 9.19. The first-order valence-corrected chi connectivity index (χ1v) is 17.5. The van der Waals surface area contributed by atoms with Gasteiger partial charge in [0, 0.05) is 32.1 Å². The van der Waals surface area contributed by atoms with Gasteiger partial charge in [0.05, 0.1) is 6.33 Å². The topological polar surface area (TPSA) is 198 Å². The molecule has 51 heavy (non-hydrogen) atoms. The molecule has 2 saturated heterocycles. The zero-order chi connectivity index (χ0) is 35.6. The molecule has 4 atom stereocenters. The van der Waals surface area contributed by atoms with Crippen LogP contribution in [0.1, 0.15) is 55.3 Å². The molecular weight excluding hydrogens is 650 g/mol. The van der Waals surface area contributed by atoms with Gasteiger partial charge >= 0.3 is 0 Å². The van der Waals surface area contributed by atoms with Crippen molar-refractivity contribution in [3.63, 3.8) is 0 Å². The number of guanidine groups is 1. The van der Waals surface area contributed by atoms with E-state index in [1.165, 1.54) is 30.2 Å². The van der Waals surface area contributed by atoms with Gasteiger partial charge in [0.25, 0.3) is 5.91 Å². The van der Waals surface area contributed by atoms with Crippen LogP contribution in [0.5, 0.6) is 0 Å². The van der Waals surface area contributed by atoms with E-state index >= 15 is 0 Å². The van der Waals surface area contributed by atoms with Crippen molar-refractivity contribution >= 4 is 28.8 Å². The zero-order valence-corrected chi connectivity index (χ0v) is 28.7. The highest BCUT2D eigenvalue weighted by atomic mass is 16.6. The minimum Gasteiger partial charge on any atom is -0.387 e. The Morgan fingerprint density at radius 1 is 1.02 bits per heavy atom. The number of carbonyl (C=O) groups is 1. The van der Waals surface area contributed by atoms with E-state index in [0.717, 1.165) is 30.8 Å². The number of nitrogens with one attached hydrogen (secondary N) is 4. The second-order valence-corrected chi connectivity index (χ2v) is 12.6. The summed E-state index contributed by atoms with van der Waals surface area (Å²) in [4.78, 5) is 33.8. The fourth-order valence-electron chi connectivity index (χ4n) is 6.58. The number of amides is 1. The van der Waals surface area contributed by atoms with E-state index in [9.17, 15) is 20.3 Å². The molecule has 0 spiro atoms. The molecule has 0 saturated carbocycles. The van der Waals surface area contributed by atoms with Crippen molar-refractivity contribution in [1.29, 1.82) is 5.26 Å². The lowest BCUT2D eigenvalue weighted by molar-refractivity contribution is -0.137. The van der Waals surface area contributed by atoms with Crippen LogP contribution in [0.3, 0.4) is 0 Å². The van der Waals surface area contributed by atoms with Gasteiger partial charge in [-0.15, -0.1) is 0 Å². The number of piperidine rings is 1. The van der Waals surface area contributed by atoms with Crippen molar-refractivity contribution in [3.05, 3.63) is 83.9 Å². The van der Waals surface area contributed by atoms with Crippen molar-refractivity contribution in [2.75, 3.05) is 44.6 Å². The molecule has 15 nitrogen and oxygen atoms in total. The lowest BCUT2D eigenvalue weighted by Gasteiger charge is -2.26. The number of aliphatic hydroxyl groups excluding tert-OH is 2. The molecule has 0 radical (unpaired) electrons. The average Bonchev–Trinajstić information content (AvgIpc) is 3.71. The highest BCUT2D eigenvalue weighted by Crippen LogP contribution is 2.33. The molecule has 2 aromatic carbocycles. The maximum Gasteiger partial charge on any atom is 0.252 e. The van der Waals surface area contributed by atoms with E-state index in [1.54, 1.807) is 6.92 Å². The van der Waals surface area contributed by atoms with E-state index in [4.69, 9.17) is 14.7 Å². The van der Waals surface area contributed by atoms with Crippen molar-refractivity contribution in [2.45, 2.75) is 63.2 Å². The normalized spacial score (nSPS) is 21.0. The van der Waals surface area contributed by atoms with Crippen LogP contribution in [0, 0.1) is 11.5 Å². The van der Waals surface area contributed by atoms with Gasteiger partial charge in [-0.05, 0) is 44.0 Å². The van der Waals surface area contributed by atoms with Gasteiger partial charge in [-0.3, -0.25) is 14.7 Å². The highest BCUT2D eigenvalue weighted by Gasteiger charge is 2.47. The SMILES string of the molecule is CCNC(=O)[C@H]1OC(n2cnc3c(NCC(c4ccccc4)c4ccccc4)nc(CN=C(NC#N)NCCN4CCCCC4)nc32)C(O)C1O. The highest BCUT2D eigenvalue weighted by molar-refractivity contribution is 5.84. The predicted octanol–water partition coefficient (Wildman–Crippen LogP) is 1.83. The number of aliphatic imine (C=N–C) groups is 1. The number of benzene rings is 2. The predicted molar refractivity (Wildman–Crippen MR) is 191 cm³/mol. The Kier molecular flexibility index (Phi) is 12.0. The molecule has 4 aromatic rings. The van der Waals surface area contributed by atoms with Gasteiger partial charge < -0.3 is 35.8 Å². The number of rotatable bonds is 13. The van der Waals surface area contributed by atoms with Crippen LogP contribution >= 0.6 is 0 Å². The van der Waals surface area contributed by atoms with Crippen molar-refractivity contribution in [3.8, 4) is 6.19 Å². The molecule has 0 aliphatic carbocycles. The quantitative estimate of drug-likeness (QED) is 0.0515. The average molecular weight is 696 g/mol. The number of fused-ring (bicyclic) bond motifs is 1. The third-order valence-corrected chi connectivity index (χ3v) is 9.19. The Morgan fingerprint density at radius 2 is 1.73 bits per heavy atom. The van der Waals surface area contributed by atoms with Crippen LogP contribution in [0.2, 0.25) is 0 Å². The molecule has 268 valence electrons. The van der Waals surface area contributed by atoms with Crippen molar-refractivity contribution < 1.29 is 19.7 Å². The number of hydrogen-bond acceptors (Lipinski definition) is 11. The number of aliphatic hydroxyl groups is 2. The number of aromatic nitrogens is 4. The largest absolute Gasteiger partial charge is 0.387 e. The molecule has 6 N–H and O–H groups in total. The van der Waals surface area contributed by atoms with E-state index < -0.39 is 30.4 Å². The van der Waals surface area contributed by atoms with Crippen LogP contribution in [0.4, 0.5) is 5.82 Å². The van der Waals surface area contributed by atoms with Gasteiger partial charge in [0.15, 0.2) is 41.3 Å². The number of hydrogen-bond donors (Lipinski definition) is 6. The Morgan fingerprint density at radius 3 is 2.39 bits per heavy atom. The Bertz CT molecular complexity index is 1770. The van der Waals surface area contributed by atoms with E-state index in [0.29, 0.717) is 48.4 Å².